The maximum Gasteiger partial charge on any atom is 0.300 e. The number of hydrogen-bond donors (Lipinski definition) is 1. The monoisotopic (exact) mass is 508 g/mol. The van der Waals surface area contributed by atoms with Crippen LogP contribution in [-0.2, 0) is 15.0 Å². The predicted octanol–water partition coefficient (Wildman–Crippen LogP) is 6.20. The maximum atomic E-state index is 13.9. The first-order valence-electron chi connectivity index (χ1n) is 11.5. The molecular formula is C28H26ClFN2O4. The molecular weight excluding hydrogens is 483 g/mol. The molecule has 1 aromatic heterocycles. The van der Waals surface area contributed by atoms with Crippen LogP contribution in [0.3, 0.4) is 0 Å². The van der Waals surface area contributed by atoms with E-state index in [1.165, 1.54) is 29.4 Å². The third-order valence-corrected chi connectivity index (χ3v) is 6.30. The molecule has 0 radical (unpaired) electrons. The number of ketones is 1. The van der Waals surface area contributed by atoms with Crippen LogP contribution < -0.4 is 9.64 Å². The van der Waals surface area contributed by atoms with Crippen LogP contribution in [0.4, 0.5) is 10.1 Å². The van der Waals surface area contributed by atoms with Crippen LogP contribution in [0.5, 0.6) is 5.75 Å². The van der Waals surface area contributed by atoms with E-state index < -0.39 is 23.5 Å². The van der Waals surface area contributed by atoms with Gasteiger partial charge in [0.25, 0.3) is 11.7 Å². The summed E-state index contributed by atoms with van der Waals surface area (Å²) in [4.78, 5) is 31.8. The number of carbonyl (C=O) groups is 2. The molecule has 1 atom stereocenters. The first-order valence-corrected chi connectivity index (χ1v) is 11.9. The van der Waals surface area contributed by atoms with Gasteiger partial charge in [-0.25, -0.2) is 4.39 Å². The third kappa shape index (κ3) is 4.58. The van der Waals surface area contributed by atoms with Gasteiger partial charge in [-0.3, -0.25) is 19.5 Å². The van der Waals surface area contributed by atoms with E-state index >= 15 is 0 Å². The fourth-order valence-electron chi connectivity index (χ4n) is 4.30. The highest BCUT2D eigenvalue weighted by Crippen LogP contribution is 2.43. The van der Waals surface area contributed by atoms with Crippen LogP contribution in [0.15, 0.2) is 66.5 Å². The number of ether oxygens (including phenoxy) is 1. The van der Waals surface area contributed by atoms with Crippen LogP contribution in [-0.4, -0.2) is 28.4 Å². The fraction of sp³-hybridized carbons (Fsp3) is 0.250. The van der Waals surface area contributed by atoms with Gasteiger partial charge < -0.3 is 9.84 Å². The Bertz CT molecular complexity index is 1370. The molecule has 0 saturated carbocycles. The number of benzene rings is 2. The summed E-state index contributed by atoms with van der Waals surface area (Å²) in [7, 11) is 0. The van der Waals surface area contributed by atoms with Gasteiger partial charge in [0.2, 0.25) is 0 Å². The Labute approximate surface area is 214 Å². The molecule has 186 valence electrons. The van der Waals surface area contributed by atoms with Crippen molar-refractivity contribution in [3.8, 4) is 5.75 Å². The van der Waals surface area contributed by atoms with Gasteiger partial charge in [-0.05, 0) is 66.4 Å². The highest BCUT2D eigenvalue weighted by atomic mass is 35.5. The van der Waals surface area contributed by atoms with Crippen molar-refractivity contribution in [1.82, 2.24) is 4.98 Å². The number of Topliss-reactive ketones (excluding diaryl/α,β-unsaturated/α-hetero) is 1. The van der Waals surface area contributed by atoms with E-state index in [1.807, 2.05) is 27.7 Å². The van der Waals surface area contributed by atoms with Crippen LogP contribution in [0.2, 0.25) is 5.02 Å². The van der Waals surface area contributed by atoms with Gasteiger partial charge in [0, 0.05) is 29.2 Å². The fourth-order valence-corrected chi connectivity index (χ4v) is 4.47. The molecule has 8 heteroatoms. The van der Waals surface area contributed by atoms with E-state index in [4.69, 9.17) is 16.3 Å². The largest absolute Gasteiger partial charge is 0.507 e. The molecule has 1 unspecified atom stereocenters. The van der Waals surface area contributed by atoms with E-state index in [2.05, 4.69) is 4.98 Å². The molecule has 1 saturated heterocycles. The average Bonchev–Trinajstić information content (AvgIpc) is 3.11. The smallest absolute Gasteiger partial charge is 0.300 e. The van der Waals surface area contributed by atoms with Gasteiger partial charge in [-0.2, -0.15) is 0 Å². The number of rotatable bonds is 5. The van der Waals surface area contributed by atoms with Crippen molar-refractivity contribution in [2.45, 2.75) is 39.2 Å². The highest BCUT2D eigenvalue weighted by molar-refractivity contribution is 6.51. The van der Waals surface area contributed by atoms with Crippen LogP contribution in [0, 0.1) is 5.82 Å². The molecule has 1 aliphatic heterocycles. The number of aromatic nitrogens is 1. The SMILES string of the molecule is CCOc1ccc(/C(O)=C2/C(=O)C(=O)N(c3ccc(F)c(Cl)c3)C2c2ccncc2)cc1C(C)(C)C. The van der Waals surface area contributed by atoms with Crippen molar-refractivity contribution in [2.75, 3.05) is 11.5 Å². The summed E-state index contributed by atoms with van der Waals surface area (Å²) in [5, 5.41) is 11.3. The average molecular weight is 509 g/mol. The number of amides is 1. The van der Waals surface area contributed by atoms with Crippen molar-refractivity contribution in [2.24, 2.45) is 0 Å². The molecule has 1 amide bonds. The van der Waals surface area contributed by atoms with Crippen molar-refractivity contribution in [1.29, 1.82) is 0 Å². The molecule has 1 aliphatic rings. The number of pyridine rings is 1. The number of anilines is 1. The zero-order chi connectivity index (χ0) is 26.2. The molecule has 2 heterocycles. The van der Waals surface area contributed by atoms with Gasteiger partial charge in [0.05, 0.1) is 23.2 Å². The van der Waals surface area contributed by atoms with Crippen molar-refractivity contribution >= 4 is 34.7 Å². The lowest BCUT2D eigenvalue weighted by atomic mass is 9.84. The Morgan fingerprint density at radius 1 is 1.11 bits per heavy atom. The zero-order valence-corrected chi connectivity index (χ0v) is 21.1. The van der Waals surface area contributed by atoms with E-state index in [9.17, 15) is 19.1 Å². The van der Waals surface area contributed by atoms with E-state index in [1.54, 1.807) is 30.3 Å². The lowest BCUT2D eigenvalue weighted by molar-refractivity contribution is -0.132. The van der Waals surface area contributed by atoms with E-state index in [0.717, 1.165) is 11.6 Å². The number of nitrogens with zero attached hydrogens (tertiary/aromatic N) is 2. The molecule has 4 rings (SSSR count). The van der Waals surface area contributed by atoms with Crippen molar-refractivity contribution in [3.05, 3.63) is 94.0 Å². The van der Waals surface area contributed by atoms with Gasteiger partial charge in [-0.1, -0.05) is 32.4 Å². The maximum absolute atomic E-state index is 13.9. The van der Waals surface area contributed by atoms with E-state index in [0.29, 0.717) is 23.5 Å². The Balaban J connectivity index is 1.94. The molecule has 1 N–H and O–H groups in total. The predicted molar refractivity (Wildman–Crippen MR) is 137 cm³/mol. The molecule has 0 bridgehead atoms. The highest BCUT2D eigenvalue weighted by Gasteiger charge is 2.47. The summed E-state index contributed by atoms with van der Waals surface area (Å²) in [6, 6.07) is 11.3. The van der Waals surface area contributed by atoms with Crippen LogP contribution in [0.1, 0.15) is 50.4 Å². The number of aliphatic hydroxyl groups is 1. The first kappa shape index (κ1) is 25.4. The minimum Gasteiger partial charge on any atom is -0.507 e. The van der Waals surface area contributed by atoms with E-state index in [-0.39, 0.29) is 27.5 Å². The lowest BCUT2D eigenvalue weighted by Crippen LogP contribution is -2.29. The molecule has 1 fully saturated rings. The lowest BCUT2D eigenvalue weighted by Gasteiger charge is -2.26. The second-order valence-corrected chi connectivity index (χ2v) is 9.85. The second kappa shape index (κ2) is 9.74. The number of aliphatic hydroxyl groups excluding tert-OH is 1. The van der Waals surface area contributed by atoms with Gasteiger partial charge in [0.1, 0.15) is 17.3 Å². The van der Waals surface area contributed by atoms with Crippen molar-refractivity contribution < 1.29 is 23.8 Å². The van der Waals surface area contributed by atoms with Crippen LogP contribution in [0.25, 0.3) is 5.76 Å². The molecule has 2 aromatic carbocycles. The minimum atomic E-state index is -0.973. The number of carbonyl (C=O) groups excluding carboxylic acids is 2. The summed E-state index contributed by atoms with van der Waals surface area (Å²) >= 11 is 5.98. The summed E-state index contributed by atoms with van der Waals surface area (Å²) in [5.74, 6) is -2.02. The quantitative estimate of drug-likeness (QED) is 0.252. The molecule has 3 aromatic rings. The standard InChI is InChI=1S/C28H26ClFN2O4/c1-5-36-22-9-6-17(14-19(22)28(2,3)4)25(33)23-24(16-10-12-31-13-11-16)32(27(35)26(23)34)18-7-8-21(30)20(29)15-18/h6-15,24,33H,5H2,1-4H3/b25-23-. The molecule has 0 aliphatic carbocycles. The molecule has 36 heavy (non-hydrogen) atoms. The van der Waals surface area contributed by atoms with Gasteiger partial charge in [0.15, 0.2) is 0 Å². The third-order valence-electron chi connectivity index (χ3n) is 6.01. The number of hydrogen-bond acceptors (Lipinski definition) is 5. The topological polar surface area (TPSA) is 79.7 Å². The normalized spacial score (nSPS) is 17.5. The van der Waals surface area contributed by atoms with Gasteiger partial charge >= 0.3 is 0 Å². The summed E-state index contributed by atoms with van der Waals surface area (Å²) in [5.41, 5.74) is 1.59. The molecule has 6 nitrogen and oxygen atoms in total. The minimum absolute atomic E-state index is 0.0873. The first-order chi connectivity index (χ1) is 17.0. The van der Waals surface area contributed by atoms with Crippen LogP contribution >= 0.6 is 11.6 Å². The summed E-state index contributed by atoms with van der Waals surface area (Å²) < 4.78 is 19.6. The Kier molecular flexibility index (Phi) is 6.87. The second-order valence-electron chi connectivity index (χ2n) is 9.44. The van der Waals surface area contributed by atoms with Crippen molar-refractivity contribution in [3.63, 3.8) is 0 Å². The van der Waals surface area contributed by atoms with Gasteiger partial charge in [-0.15, -0.1) is 0 Å². The zero-order valence-electron chi connectivity index (χ0n) is 20.4. The Morgan fingerprint density at radius 2 is 1.81 bits per heavy atom. The summed E-state index contributed by atoms with van der Waals surface area (Å²) in [6.07, 6.45) is 3.06. The molecule has 0 spiro atoms. The summed E-state index contributed by atoms with van der Waals surface area (Å²) in [6.45, 7) is 8.41. The Hall–Kier alpha value is -3.71. The Morgan fingerprint density at radius 3 is 2.42 bits per heavy atom. The number of halogens is 2.